The number of rotatable bonds is 4. The summed E-state index contributed by atoms with van der Waals surface area (Å²) < 4.78 is 11.3. The molecule has 10 heteroatoms. The van der Waals surface area contributed by atoms with Crippen molar-refractivity contribution in [1.29, 1.82) is 0 Å². The van der Waals surface area contributed by atoms with E-state index in [1.54, 1.807) is 12.1 Å². The van der Waals surface area contributed by atoms with Crippen molar-refractivity contribution in [2.45, 2.75) is 0 Å². The van der Waals surface area contributed by atoms with Gasteiger partial charge in [0.1, 0.15) is 5.57 Å². The van der Waals surface area contributed by atoms with E-state index in [0.717, 1.165) is 4.90 Å². The minimum atomic E-state index is -0.930. The molecule has 0 saturated carbocycles. The number of methoxy groups -OCH3 is 2. The Labute approximate surface area is 184 Å². The first-order valence-electron chi connectivity index (χ1n) is 8.05. The molecule has 1 fully saturated rings. The molecule has 150 valence electrons. The zero-order chi connectivity index (χ0) is 21.3. The van der Waals surface area contributed by atoms with Crippen LogP contribution in [0.15, 0.2) is 40.4 Å². The van der Waals surface area contributed by atoms with Crippen molar-refractivity contribution in [3.05, 3.63) is 56.0 Å². The van der Waals surface area contributed by atoms with Crippen molar-refractivity contribution in [2.24, 2.45) is 0 Å². The first kappa shape index (κ1) is 21.2. The molecule has 0 aliphatic carbocycles. The predicted octanol–water partition coefficient (Wildman–Crippen LogP) is 4.44. The van der Waals surface area contributed by atoms with Crippen LogP contribution in [0.3, 0.4) is 0 Å². The van der Waals surface area contributed by atoms with Gasteiger partial charge in [0, 0.05) is 10.0 Å². The lowest BCUT2D eigenvalue weighted by molar-refractivity contribution is -0.122. The van der Waals surface area contributed by atoms with Crippen molar-refractivity contribution in [3.63, 3.8) is 0 Å². The Hall–Kier alpha value is -2.55. The molecule has 0 unspecified atom stereocenters. The molecule has 1 saturated heterocycles. The van der Waals surface area contributed by atoms with Crippen molar-refractivity contribution >= 4 is 68.7 Å². The number of carbonyl (C=O) groups is 3. The maximum atomic E-state index is 13.0. The van der Waals surface area contributed by atoms with E-state index in [1.807, 2.05) is 0 Å². The van der Waals surface area contributed by atoms with Crippen LogP contribution in [-0.4, -0.2) is 32.1 Å². The number of benzene rings is 2. The number of nitrogens with zero attached hydrogens (tertiary/aromatic N) is 1. The van der Waals surface area contributed by atoms with Crippen molar-refractivity contribution in [2.75, 3.05) is 19.1 Å². The topological polar surface area (TPSA) is 84.9 Å². The van der Waals surface area contributed by atoms with Crippen molar-refractivity contribution in [3.8, 4) is 11.5 Å². The first-order valence-corrected chi connectivity index (χ1v) is 9.60. The van der Waals surface area contributed by atoms with Crippen LogP contribution >= 0.6 is 39.1 Å². The third-order valence-corrected chi connectivity index (χ3v) is 5.31. The molecular formula is C19H13BrCl2N2O5. The Kier molecular flexibility index (Phi) is 6.16. The molecule has 0 bridgehead atoms. The highest BCUT2D eigenvalue weighted by molar-refractivity contribution is 9.10. The second kappa shape index (κ2) is 8.44. The third kappa shape index (κ3) is 3.96. The van der Waals surface area contributed by atoms with Crippen molar-refractivity contribution < 1.29 is 23.9 Å². The van der Waals surface area contributed by atoms with Gasteiger partial charge in [-0.3, -0.25) is 14.9 Å². The number of ether oxygens (including phenoxy) is 2. The molecule has 0 radical (unpaired) electrons. The van der Waals surface area contributed by atoms with Crippen LogP contribution in [-0.2, 0) is 9.59 Å². The maximum Gasteiger partial charge on any atom is 0.336 e. The molecule has 1 heterocycles. The Balaban J connectivity index is 2.14. The number of carbonyl (C=O) groups excluding carboxylic acids is 3. The van der Waals surface area contributed by atoms with E-state index >= 15 is 0 Å². The van der Waals surface area contributed by atoms with Crippen LogP contribution in [0.25, 0.3) is 6.08 Å². The lowest BCUT2D eigenvalue weighted by atomic mass is 10.1. The molecule has 0 aromatic heterocycles. The van der Waals surface area contributed by atoms with Crippen LogP contribution in [0.2, 0.25) is 10.0 Å². The fourth-order valence-electron chi connectivity index (χ4n) is 2.76. The van der Waals surface area contributed by atoms with Crippen LogP contribution in [0.1, 0.15) is 5.56 Å². The number of anilines is 1. The number of amides is 4. The van der Waals surface area contributed by atoms with E-state index in [-0.39, 0.29) is 21.3 Å². The molecule has 2 aromatic carbocycles. The van der Waals surface area contributed by atoms with Crippen molar-refractivity contribution in [1.82, 2.24) is 5.32 Å². The Morgan fingerprint density at radius 2 is 1.83 bits per heavy atom. The third-order valence-electron chi connectivity index (χ3n) is 4.05. The average Bonchev–Trinajstić information content (AvgIpc) is 2.67. The standard InChI is InChI=1S/C19H13BrCl2N2O5/c1-28-14-8-10(20)6-9(16(14)29-2)7-11-17(25)23-19(27)24(18(11)26)13-5-3-4-12(21)15(13)22/h3-8H,1-2H3,(H,23,25,27)/b11-7+. The predicted molar refractivity (Wildman–Crippen MR) is 113 cm³/mol. The van der Waals surface area contributed by atoms with E-state index < -0.39 is 17.8 Å². The Morgan fingerprint density at radius 3 is 2.48 bits per heavy atom. The van der Waals surface area contributed by atoms with E-state index in [4.69, 9.17) is 32.7 Å². The van der Waals surface area contributed by atoms with Gasteiger partial charge >= 0.3 is 6.03 Å². The Bertz CT molecular complexity index is 1070. The van der Waals surface area contributed by atoms with Crippen LogP contribution in [0, 0.1) is 0 Å². The number of urea groups is 1. The number of hydrogen-bond donors (Lipinski definition) is 1. The lowest BCUT2D eigenvalue weighted by Crippen LogP contribution is -2.54. The molecule has 0 atom stereocenters. The van der Waals surface area contributed by atoms with Gasteiger partial charge in [0.05, 0.1) is 30.0 Å². The molecule has 0 spiro atoms. The van der Waals surface area contributed by atoms with Gasteiger partial charge in [-0.25, -0.2) is 9.69 Å². The summed E-state index contributed by atoms with van der Waals surface area (Å²) >= 11 is 15.5. The summed E-state index contributed by atoms with van der Waals surface area (Å²) in [6, 6.07) is 6.88. The van der Waals surface area contributed by atoms with E-state index in [2.05, 4.69) is 21.2 Å². The fraction of sp³-hybridized carbons (Fsp3) is 0.105. The minimum Gasteiger partial charge on any atom is -0.493 e. The van der Waals surface area contributed by atoms with Crippen LogP contribution < -0.4 is 19.7 Å². The summed E-state index contributed by atoms with van der Waals surface area (Å²) in [5, 5.41) is 2.29. The highest BCUT2D eigenvalue weighted by Crippen LogP contribution is 2.37. The number of hydrogen-bond acceptors (Lipinski definition) is 5. The Morgan fingerprint density at radius 1 is 1.10 bits per heavy atom. The van der Waals surface area contributed by atoms with E-state index in [0.29, 0.717) is 21.5 Å². The highest BCUT2D eigenvalue weighted by Gasteiger charge is 2.38. The SMILES string of the molecule is COc1cc(Br)cc(/C=C2\C(=O)NC(=O)N(c3cccc(Cl)c3Cl)C2=O)c1OC. The summed E-state index contributed by atoms with van der Waals surface area (Å²) in [6.45, 7) is 0. The summed E-state index contributed by atoms with van der Waals surface area (Å²) in [5.74, 6) is -1.00. The molecule has 3 rings (SSSR count). The molecule has 29 heavy (non-hydrogen) atoms. The zero-order valence-corrected chi connectivity index (χ0v) is 18.2. The summed E-state index contributed by atoms with van der Waals surface area (Å²) in [5.41, 5.74) is 0.154. The highest BCUT2D eigenvalue weighted by atomic mass is 79.9. The molecule has 1 aliphatic rings. The normalized spacial score (nSPS) is 15.6. The summed E-state index contributed by atoms with van der Waals surface area (Å²) in [4.78, 5) is 38.5. The van der Waals surface area contributed by atoms with Gasteiger partial charge in [0.25, 0.3) is 11.8 Å². The van der Waals surface area contributed by atoms with E-state index in [9.17, 15) is 14.4 Å². The van der Waals surface area contributed by atoms with Gasteiger partial charge < -0.3 is 9.47 Å². The molecule has 2 aromatic rings. The molecule has 1 aliphatic heterocycles. The van der Waals surface area contributed by atoms with Gasteiger partial charge in [-0.05, 0) is 30.3 Å². The zero-order valence-electron chi connectivity index (χ0n) is 15.1. The second-order valence-corrected chi connectivity index (χ2v) is 7.46. The smallest absolute Gasteiger partial charge is 0.336 e. The quantitative estimate of drug-likeness (QED) is 0.496. The molecule has 7 nitrogen and oxygen atoms in total. The van der Waals surface area contributed by atoms with E-state index in [1.165, 1.54) is 38.5 Å². The average molecular weight is 500 g/mol. The number of barbiturate groups is 1. The number of halogens is 3. The second-order valence-electron chi connectivity index (χ2n) is 5.76. The lowest BCUT2D eigenvalue weighted by Gasteiger charge is -2.27. The van der Waals surface area contributed by atoms with Crippen LogP contribution in [0.4, 0.5) is 10.5 Å². The fourth-order valence-corrected chi connectivity index (χ4v) is 3.60. The largest absolute Gasteiger partial charge is 0.493 e. The minimum absolute atomic E-state index is 0.00747. The van der Waals surface area contributed by atoms with Gasteiger partial charge in [0.2, 0.25) is 0 Å². The maximum absolute atomic E-state index is 13.0. The van der Waals surface area contributed by atoms with Gasteiger partial charge in [-0.15, -0.1) is 0 Å². The summed E-state index contributed by atoms with van der Waals surface area (Å²) in [7, 11) is 2.89. The summed E-state index contributed by atoms with van der Waals surface area (Å²) in [6.07, 6.45) is 1.31. The van der Waals surface area contributed by atoms with Gasteiger partial charge in [-0.2, -0.15) is 0 Å². The number of nitrogens with one attached hydrogen (secondary N) is 1. The monoisotopic (exact) mass is 498 g/mol. The van der Waals surface area contributed by atoms with Crippen LogP contribution in [0.5, 0.6) is 11.5 Å². The van der Waals surface area contributed by atoms with Gasteiger partial charge in [-0.1, -0.05) is 45.2 Å². The number of imide groups is 2. The first-order chi connectivity index (χ1) is 13.8. The van der Waals surface area contributed by atoms with Gasteiger partial charge in [0.15, 0.2) is 11.5 Å². The molecular weight excluding hydrogens is 487 g/mol. The molecule has 4 amide bonds. The molecule has 1 N–H and O–H groups in total.